The van der Waals surface area contributed by atoms with E-state index in [0.29, 0.717) is 38.1 Å². The predicted octanol–water partition coefficient (Wildman–Crippen LogP) is 1.74. The van der Waals surface area contributed by atoms with Crippen molar-refractivity contribution in [2.75, 3.05) is 26.8 Å². The molecule has 1 aliphatic heterocycles. The van der Waals surface area contributed by atoms with Crippen LogP contribution in [0, 0.1) is 11.3 Å². The highest BCUT2D eigenvalue weighted by atomic mass is 16.5. The van der Waals surface area contributed by atoms with Crippen molar-refractivity contribution in [1.29, 1.82) is 5.26 Å². The molecule has 1 aromatic heterocycles. The molecule has 9 heteroatoms. The summed E-state index contributed by atoms with van der Waals surface area (Å²) in [5, 5.41) is 15.6. The zero-order valence-electron chi connectivity index (χ0n) is 19.2. The zero-order chi connectivity index (χ0) is 24.1. The fourth-order valence-corrected chi connectivity index (χ4v) is 4.02. The van der Waals surface area contributed by atoms with Crippen molar-refractivity contribution < 1.29 is 18.7 Å². The number of carbonyl (C=O) groups excluding carboxylic acids is 1. The Labute approximate surface area is 197 Å². The van der Waals surface area contributed by atoms with Crippen LogP contribution in [0.15, 0.2) is 51.7 Å². The van der Waals surface area contributed by atoms with Crippen molar-refractivity contribution in [2.45, 2.75) is 31.1 Å². The molecule has 1 fully saturated rings. The van der Waals surface area contributed by atoms with Gasteiger partial charge in [-0.05, 0) is 35.2 Å². The van der Waals surface area contributed by atoms with Gasteiger partial charge in [0.25, 0.3) is 5.91 Å². The minimum Gasteiger partial charge on any atom is -0.408 e. The Balaban J connectivity index is 1.38. The lowest BCUT2D eigenvalue weighted by Gasteiger charge is -2.25. The first-order chi connectivity index (χ1) is 16.5. The number of hydrogen-bond acceptors (Lipinski definition) is 7. The first-order valence-electron chi connectivity index (χ1n) is 11.2. The van der Waals surface area contributed by atoms with Gasteiger partial charge < -0.3 is 24.5 Å². The molecular formula is C25H28N4O5. The molecule has 0 bridgehead atoms. The highest BCUT2D eigenvalue weighted by Crippen LogP contribution is 2.24. The Bertz CT molecular complexity index is 1230. The molecule has 3 aromatic rings. The molecule has 1 amide bonds. The molecule has 1 saturated heterocycles. The highest BCUT2D eigenvalue weighted by molar-refractivity contribution is 5.82. The van der Waals surface area contributed by atoms with Crippen molar-refractivity contribution in [1.82, 2.24) is 15.2 Å². The van der Waals surface area contributed by atoms with E-state index < -0.39 is 17.9 Å². The van der Waals surface area contributed by atoms with Crippen molar-refractivity contribution in [3.05, 3.63) is 58.6 Å². The molecule has 3 atom stereocenters. The van der Waals surface area contributed by atoms with E-state index in [1.165, 1.54) is 4.57 Å². The largest absolute Gasteiger partial charge is 0.419 e. The second-order valence-electron chi connectivity index (χ2n) is 8.36. The molecule has 0 spiro atoms. The third-order valence-corrected chi connectivity index (χ3v) is 6.08. The average Bonchev–Trinajstić information content (AvgIpc) is 3.12. The third-order valence-electron chi connectivity index (χ3n) is 6.08. The molecule has 0 unspecified atom stereocenters. The van der Waals surface area contributed by atoms with Gasteiger partial charge in [0.05, 0.1) is 24.3 Å². The maximum atomic E-state index is 12.7. The fraction of sp³-hybridized carbons (Fsp3) is 0.400. The predicted molar refractivity (Wildman–Crippen MR) is 126 cm³/mol. The first kappa shape index (κ1) is 23.7. The summed E-state index contributed by atoms with van der Waals surface area (Å²) in [6, 6.07) is 14.9. The van der Waals surface area contributed by atoms with Crippen LogP contribution in [-0.4, -0.2) is 55.5 Å². The number of benzene rings is 2. The van der Waals surface area contributed by atoms with Crippen LogP contribution in [-0.2, 0) is 27.7 Å². The topological polar surface area (TPSA) is 119 Å². The molecule has 0 radical (unpaired) electrons. The van der Waals surface area contributed by atoms with E-state index in [2.05, 4.69) is 16.7 Å². The number of nitrogens with one attached hydrogen (secondary N) is 2. The number of ether oxygens (including phenoxy) is 2. The van der Waals surface area contributed by atoms with Crippen LogP contribution in [0.25, 0.3) is 22.2 Å². The Hall–Kier alpha value is -3.45. The van der Waals surface area contributed by atoms with E-state index in [1.54, 1.807) is 20.2 Å². The molecule has 9 nitrogen and oxygen atoms in total. The Kier molecular flexibility index (Phi) is 7.43. The minimum atomic E-state index is -0.670. The molecule has 2 aromatic carbocycles. The SMILES string of the molecule is CO[C@@H]1CCO[C@H](C(=O)N[C@H](C#N)Cc2ccc(-c3ccc4oc(=O)n(C)c4c3)cc2)CNC1. The Morgan fingerprint density at radius 1 is 1.26 bits per heavy atom. The Morgan fingerprint density at radius 2 is 2.03 bits per heavy atom. The molecule has 2 N–H and O–H groups in total. The summed E-state index contributed by atoms with van der Waals surface area (Å²) in [5.74, 6) is -0.697. The maximum Gasteiger partial charge on any atom is 0.419 e. The van der Waals surface area contributed by atoms with Gasteiger partial charge in [-0.2, -0.15) is 5.26 Å². The monoisotopic (exact) mass is 464 g/mol. The lowest BCUT2D eigenvalue weighted by atomic mass is 10.0. The molecule has 2 heterocycles. The van der Waals surface area contributed by atoms with Gasteiger partial charge in [-0.1, -0.05) is 30.3 Å². The number of hydrogen-bond donors (Lipinski definition) is 2. The number of nitrogens with zero attached hydrogens (tertiary/aromatic N) is 2. The van der Waals surface area contributed by atoms with Gasteiger partial charge in [-0.15, -0.1) is 0 Å². The van der Waals surface area contributed by atoms with Gasteiger partial charge in [-0.25, -0.2) is 4.79 Å². The number of fused-ring (bicyclic) bond motifs is 1. The van der Waals surface area contributed by atoms with Gasteiger partial charge in [-0.3, -0.25) is 9.36 Å². The second-order valence-corrected chi connectivity index (χ2v) is 8.36. The summed E-state index contributed by atoms with van der Waals surface area (Å²) >= 11 is 0. The molecule has 178 valence electrons. The van der Waals surface area contributed by atoms with E-state index in [4.69, 9.17) is 13.9 Å². The van der Waals surface area contributed by atoms with E-state index in [-0.39, 0.29) is 12.0 Å². The van der Waals surface area contributed by atoms with Crippen molar-refractivity contribution in [3.8, 4) is 17.2 Å². The zero-order valence-corrected chi connectivity index (χ0v) is 19.2. The number of oxazole rings is 1. The maximum absolute atomic E-state index is 12.7. The number of aromatic nitrogens is 1. The van der Waals surface area contributed by atoms with Crippen LogP contribution in [0.3, 0.4) is 0 Å². The van der Waals surface area contributed by atoms with Crippen LogP contribution in [0.5, 0.6) is 0 Å². The van der Waals surface area contributed by atoms with Gasteiger partial charge in [0.15, 0.2) is 5.58 Å². The van der Waals surface area contributed by atoms with Crippen molar-refractivity contribution in [3.63, 3.8) is 0 Å². The lowest BCUT2D eigenvalue weighted by molar-refractivity contribution is -0.134. The van der Waals surface area contributed by atoms with E-state index >= 15 is 0 Å². The normalized spacial score (nSPS) is 19.7. The van der Waals surface area contributed by atoms with Crippen molar-refractivity contribution in [2.24, 2.45) is 7.05 Å². The van der Waals surface area contributed by atoms with Crippen LogP contribution < -0.4 is 16.4 Å². The van der Waals surface area contributed by atoms with E-state index in [0.717, 1.165) is 22.2 Å². The summed E-state index contributed by atoms with van der Waals surface area (Å²) < 4.78 is 17.7. The summed E-state index contributed by atoms with van der Waals surface area (Å²) in [5.41, 5.74) is 4.11. The van der Waals surface area contributed by atoms with Gasteiger partial charge in [0.2, 0.25) is 0 Å². The van der Waals surface area contributed by atoms with Crippen molar-refractivity contribution >= 4 is 17.0 Å². The molecule has 4 rings (SSSR count). The number of methoxy groups -OCH3 is 1. The Morgan fingerprint density at radius 3 is 2.76 bits per heavy atom. The smallest absolute Gasteiger partial charge is 0.408 e. The van der Waals surface area contributed by atoms with Crippen LogP contribution >= 0.6 is 0 Å². The van der Waals surface area contributed by atoms with Gasteiger partial charge in [0, 0.05) is 33.7 Å². The van der Waals surface area contributed by atoms with E-state index in [1.807, 2.05) is 36.4 Å². The molecule has 0 aliphatic carbocycles. The lowest BCUT2D eigenvalue weighted by Crippen LogP contribution is -2.49. The fourth-order valence-electron chi connectivity index (χ4n) is 4.02. The number of carbonyl (C=O) groups is 1. The summed E-state index contributed by atoms with van der Waals surface area (Å²) in [4.78, 5) is 24.4. The summed E-state index contributed by atoms with van der Waals surface area (Å²) in [6.45, 7) is 1.45. The average molecular weight is 465 g/mol. The molecule has 1 aliphatic rings. The number of amides is 1. The third kappa shape index (κ3) is 5.37. The van der Waals surface area contributed by atoms with E-state index in [9.17, 15) is 14.9 Å². The minimum absolute atomic E-state index is 0.0624. The van der Waals surface area contributed by atoms with Crippen LogP contribution in [0.2, 0.25) is 0 Å². The van der Waals surface area contributed by atoms with Gasteiger partial charge >= 0.3 is 5.76 Å². The first-order valence-corrected chi connectivity index (χ1v) is 11.2. The molecule has 0 saturated carbocycles. The second kappa shape index (κ2) is 10.7. The van der Waals surface area contributed by atoms with Crippen LogP contribution in [0.4, 0.5) is 0 Å². The molecule has 34 heavy (non-hydrogen) atoms. The van der Waals surface area contributed by atoms with Crippen LogP contribution in [0.1, 0.15) is 12.0 Å². The number of nitriles is 1. The highest BCUT2D eigenvalue weighted by Gasteiger charge is 2.24. The molecular weight excluding hydrogens is 436 g/mol. The summed E-state index contributed by atoms with van der Waals surface area (Å²) in [6.07, 6.45) is 0.492. The number of aryl methyl sites for hydroxylation is 1. The van der Waals surface area contributed by atoms with Gasteiger partial charge in [0.1, 0.15) is 12.1 Å². The standard InChI is InChI=1S/C25H28N4O5/c1-29-21-12-18(7-8-22(21)34-25(29)31)17-5-3-16(4-6-17)11-19(13-26)28-24(30)23-15-27-14-20(32-2)9-10-33-23/h3-8,12,19-20,23,27H,9-11,14-15H2,1-2H3,(H,28,30)/t19-,20+,23-/m0/s1. The number of rotatable bonds is 6. The summed E-state index contributed by atoms with van der Waals surface area (Å²) in [7, 11) is 3.33. The quantitative estimate of drug-likeness (QED) is 0.570.